The number of carbonyl (C=O) groups is 5. The molecule has 2 aromatic heterocycles. The van der Waals surface area contributed by atoms with Crippen molar-refractivity contribution in [2.24, 2.45) is 41.9 Å². The zero-order chi connectivity index (χ0) is 34.8. The number of primary amides is 1. The van der Waals surface area contributed by atoms with Crippen LogP contribution >= 0.6 is 22.9 Å². The molecule has 3 N–H and O–H groups in total. The highest BCUT2D eigenvalue weighted by atomic mass is 35.5. The van der Waals surface area contributed by atoms with Crippen molar-refractivity contribution in [1.29, 1.82) is 0 Å². The predicted octanol–water partition coefficient (Wildman–Crippen LogP) is 5.59. The van der Waals surface area contributed by atoms with Crippen LogP contribution in [-0.2, 0) is 26.2 Å². The monoisotopic (exact) mass is 697 g/mol. The van der Waals surface area contributed by atoms with Crippen LogP contribution in [0.25, 0.3) is 20.7 Å². The lowest BCUT2D eigenvalue weighted by Crippen LogP contribution is -2.49. The first kappa shape index (κ1) is 31.5. The van der Waals surface area contributed by atoms with Gasteiger partial charge in [0.2, 0.25) is 23.6 Å². The van der Waals surface area contributed by atoms with Crippen LogP contribution in [0.2, 0.25) is 5.02 Å². The van der Waals surface area contributed by atoms with Gasteiger partial charge in [-0.25, -0.2) is 9.69 Å². The topological polar surface area (TPSA) is 156 Å². The van der Waals surface area contributed by atoms with E-state index in [0.717, 1.165) is 20.5 Å². The number of phenols is 1. The van der Waals surface area contributed by atoms with Gasteiger partial charge in [-0.05, 0) is 74.2 Å². The van der Waals surface area contributed by atoms with E-state index in [1.807, 2.05) is 31.2 Å². The van der Waals surface area contributed by atoms with Gasteiger partial charge in [0.05, 0.1) is 28.0 Å². The fourth-order valence-corrected chi connectivity index (χ4v) is 10.2. The Morgan fingerprint density at radius 3 is 2.55 bits per heavy atom. The summed E-state index contributed by atoms with van der Waals surface area (Å²) >= 11 is 7.82. The third-order valence-corrected chi connectivity index (χ3v) is 12.8. The minimum absolute atomic E-state index is 0.00871. The van der Waals surface area contributed by atoms with Crippen molar-refractivity contribution in [2.75, 3.05) is 4.90 Å². The summed E-state index contributed by atoms with van der Waals surface area (Å²) in [5, 5.41) is 17.8. The largest absolute Gasteiger partial charge is 0.507 e. The summed E-state index contributed by atoms with van der Waals surface area (Å²) in [5.41, 5.74) is 7.42. The van der Waals surface area contributed by atoms with Crippen molar-refractivity contribution in [3.8, 4) is 16.3 Å². The van der Waals surface area contributed by atoms with Gasteiger partial charge in [0, 0.05) is 34.3 Å². The van der Waals surface area contributed by atoms with Crippen molar-refractivity contribution in [1.82, 2.24) is 14.7 Å². The summed E-state index contributed by atoms with van der Waals surface area (Å²) in [7, 11) is 1.68. The highest BCUT2D eigenvalue weighted by molar-refractivity contribution is 7.22. The van der Waals surface area contributed by atoms with Crippen LogP contribution in [0.3, 0.4) is 0 Å². The van der Waals surface area contributed by atoms with E-state index in [-0.39, 0.29) is 18.6 Å². The smallest absolute Gasteiger partial charge is 0.328 e. The molecular weight excluding hydrogens is 666 g/mol. The number of thiophene rings is 1. The molecule has 250 valence electrons. The normalized spacial score (nSPS) is 27.9. The van der Waals surface area contributed by atoms with Gasteiger partial charge in [-0.3, -0.25) is 23.9 Å². The second kappa shape index (κ2) is 10.6. The Morgan fingerprint density at radius 2 is 1.82 bits per heavy atom. The van der Waals surface area contributed by atoms with Gasteiger partial charge >= 0.3 is 6.03 Å². The van der Waals surface area contributed by atoms with Crippen LogP contribution in [0.1, 0.15) is 42.4 Å². The number of amides is 6. The molecule has 4 aromatic rings. The molecule has 2 aliphatic heterocycles. The summed E-state index contributed by atoms with van der Waals surface area (Å²) in [4.78, 5) is 71.2. The highest BCUT2D eigenvalue weighted by Crippen LogP contribution is 2.64. The van der Waals surface area contributed by atoms with Crippen LogP contribution in [0.15, 0.2) is 54.1 Å². The highest BCUT2D eigenvalue weighted by Gasteiger charge is 2.68. The number of hydrogen-bond acceptors (Lipinski definition) is 8. The fourth-order valence-electron chi connectivity index (χ4n) is 8.92. The Balaban J connectivity index is 1.27. The molecule has 4 heterocycles. The lowest BCUT2D eigenvalue weighted by atomic mass is 9.51. The molecule has 49 heavy (non-hydrogen) atoms. The third kappa shape index (κ3) is 4.13. The van der Waals surface area contributed by atoms with Crippen molar-refractivity contribution in [2.45, 2.75) is 39.5 Å². The zero-order valence-electron chi connectivity index (χ0n) is 27.1. The standard InChI is InChI=1S/C36H32ClN5O6S/c1-15-6-5-7-20(29(15)43)28-18-9-10-19-27(33(46)42(31(19)44)35(38)48)22(18)13-23-32(45)41(34(47)36(23,28)3)26-14-24(39-40(26)4)30-16(2)21-12-17(37)8-11-25(21)49-30/h5-9,11-12,14,19,22-23,27-28,43H,10,13H2,1-4H3,(H2,38,48). The fraction of sp³-hybridized carbons (Fsp3) is 0.333. The predicted molar refractivity (Wildman–Crippen MR) is 183 cm³/mol. The van der Waals surface area contributed by atoms with E-state index < -0.39 is 64.7 Å². The number of hydrogen-bond donors (Lipinski definition) is 2. The van der Waals surface area contributed by atoms with Gasteiger partial charge in [0.25, 0.3) is 0 Å². The maximum Gasteiger partial charge on any atom is 0.328 e. The van der Waals surface area contributed by atoms with Crippen LogP contribution in [-0.4, -0.2) is 49.4 Å². The second-order valence-electron chi connectivity index (χ2n) is 13.7. The second-order valence-corrected chi connectivity index (χ2v) is 15.2. The zero-order valence-corrected chi connectivity index (χ0v) is 28.6. The molecule has 0 radical (unpaired) electrons. The molecule has 2 aromatic carbocycles. The molecule has 6 atom stereocenters. The number of allylic oxidation sites excluding steroid dienone is 2. The lowest BCUT2D eigenvalue weighted by molar-refractivity contribution is -0.136. The quantitative estimate of drug-likeness (QED) is 0.209. The molecule has 3 fully saturated rings. The van der Waals surface area contributed by atoms with E-state index in [1.54, 1.807) is 56.5 Å². The summed E-state index contributed by atoms with van der Waals surface area (Å²) in [6.07, 6.45) is 2.11. The number of aryl methyl sites for hydroxylation is 3. The van der Waals surface area contributed by atoms with Gasteiger partial charge in [-0.1, -0.05) is 41.4 Å². The Morgan fingerprint density at radius 1 is 1.06 bits per heavy atom. The molecule has 2 aliphatic carbocycles. The van der Waals surface area contributed by atoms with Gasteiger partial charge < -0.3 is 10.8 Å². The Labute approximate surface area is 289 Å². The molecule has 8 rings (SSSR count). The van der Waals surface area contributed by atoms with E-state index in [2.05, 4.69) is 0 Å². The molecule has 6 unspecified atom stereocenters. The molecule has 4 aliphatic rings. The van der Waals surface area contributed by atoms with Crippen molar-refractivity contribution >= 4 is 68.5 Å². The summed E-state index contributed by atoms with van der Waals surface area (Å²) in [5.74, 6) is -6.06. The van der Waals surface area contributed by atoms with Crippen molar-refractivity contribution in [3.05, 3.63) is 75.8 Å². The number of phenolic OH excluding ortho intramolecular Hbond substituents is 1. The third-order valence-electron chi connectivity index (χ3n) is 11.3. The van der Waals surface area contributed by atoms with Crippen LogP contribution in [0, 0.1) is 42.9 Å². The number of imide groups is 4. The first-order chi connectivity index (χ1) is 23.2. The molecule has 13 heteroatoms. The maximum atomic E-state index is 14.9. The number of rotatable bonds is 3. The van der Waals surface area contributed by atoms with Crippen molar-refractivity contribution < 1.29 is 29.1 Å². The van der Waals surface area contributed by atoms with E-state index in [9.17, 15) is 29.1 Å². The van der Waals surface area contributed by atoms with Gasteiger partial charge in [-0.2, -0.15) is 10.00 Å². The number of halogens is 1. The number of anilines is 1. The van der Waals surface area contributed by atoms with Gasteiger partial charge in [-0.15, -0.1) is 11.3 Å². The number of carbonyl (C=O) groups excluding carboxylic acids is 5. The maximum absolute atomic E-state index is 14.9. The number of urea groups is 1. The number of nitrogens with zero attached hydrogens (tertiary/aromatic N) is 4. The molecule has 6 amide bonds. The number of aromatic nitrogens is 2. The molecule has 11 nitrogen and oxygen atoms in total. The van der Waals surface area contributed by atoms with E-state index in [4.69, 9.17) is 22.4 Å². The average molecular weight is 698 g/mol. The number of likely N-dealkylation sites (tertiary alicyclic amines) is 1. The van der Waals surface area contributed by atoms with E-state index in [0.29, 0.717) is 38.1 Å². The SMILES string of the molecule is Cc1cccc(C2C3=CCC4C(=O)N(C(N)=O)C(=O)C4C3CC3C(=O)N(c4cc(-c5sc6ccc(Cl)cc6c5C)nn4C)C(=O)C32C)c1O. The van der Waals surface area contributed by atoms with Gasteiger partial charge in [0.1, 0.15) is 17.3 Å². The minimum Gasteiger partial charge on any atom is -0.507 e. The van der Waals surface area contributed by atoms with Gasteiger partial charge in [0.15, 0.2) is 0 Å². The minimum atomic E-state index is -1.36. The summed E-state index contributed by atoms with van der Waals surface area (Å²) < 4.78 is 2.55. The molecular formula is C36H32ClN5O6S. The van der Waals surface area contributed by atoms with Crippen molar-refractivity contribution in [3.63, 3.8) is 0 Å². The number of fused-ring (bicyclic) bond motifs is 5. The van der Waals surface area contributed by atoms with Crippen LogP contribution in [0.4, 0.5) is 10.6 Å². The molecule has 1 saturated carbocycles. The Hall–Kier alpha value is -4.81. The number of nitrogens with two attached hydrogens (primary N) is 1. The van der Waals surface area contributed by atoms with Crippen LogP contribution in [0.5, 0.6) is 5.75 Å². The molecule has 0 bridgehead atoms. The number of para-hydroxylation sites is 1. The lowest BCUT2D eigenvalue weighted by Gasteiger charge is -2.49. The average Bonchev–Trinajstić information content (AvgIpc) is 3.72. The summed E-state index contributed by atoms with van der Waals surface area (Å²) in [6.45, 7) is 5.49. The molecule has 2 saturated heterocycles. The van der Waals surface area contributed by atoms with E-state index in [1.165, 1.54) is 9.58 Å². The van der Waals surface area contributed by atoms with E-state index >= 15 is 0 Å². The van der Waals surface area contributed by atoms with Crippen LogP contribution < -0.4 is 10.6 Å². The Kier molecular flexibility index (Phi) is 6.80. The summed E-state index contributed by atoms with van der Waals surface area (Å²) in [6, 6.07) is 11.6. The first-order valence-corrected chi connectivity index (χ1v) is 17.2. The molecule has 0 spiro atoms. The Bertz CT molecular complexity index is 2240. The first-order valence-electron chi connectivity index (χ1n) is 16.0. The number of benzene rings is 2. The number of aromatic hydroxyl groups is 1.